The molecule has 0 aliphatic rings. The van der Waals surface area contributed by atoms with Crippen LogP contribution in [0.25, 0.3) is 10.9 Å². The number of para-hydroxylation sites is 1. The highest BCUT2D eigenvalue weighted by Crippen LogP contribution is 2.27. The number of nitrogens with zero attached hydrogens (tertiary/aromatic N) is 2. The minimum atomic E-state index is 0.217. The zero-order valence-corrected chi connectivity index (χ0v) is 12.8. The summed E-state index contributed by atoms with van der Waals surface area (Å²) >= 11 is 6.47. The average molecular weight is 293 g/mol. The predicted molar refractivity (Wildman–Crippen MR) is 84.1 cm³/mol. The van der Waals surface area contributed by atoms with Crippen molar-refractivity contribution < 1.29 is 5.11 Å². The number of aliphatic hydroxyl groups is 1. The highest BCUT2D eigenvalue weighted by atomic mass is 35.5. The van der Waals surface area contributed by atoms with Gasteiger partial charge in [-0.05, 0) is 31.5 Å². The summed E-state index contributed by atoms with van der Waals surface area (Å²) in [7, 11) is 0. The fraction of sp³-hybridized carbons (Fsp3) is 0.438. The smallest absolute Gasteiger partial charge is 0.0740 e. The lowest BCUT2D eigenvalue weighted by molar-refractivity contribution is 0.224. The van der Waals surface area contributed by atoms with Gasteiger partial charge in [0.05, 0.1) is 16.2 Å². The minimum absolute atomic E-state index is 0.217. The third kappa shape index (κ3) is 3.29. The zero-order chi connectivity index (χ0) is 14.5. The fourth-order valence-corrected chi connectivity index (χ4v) is 2.58. The lowest BCUT2D eigenvalue weighted by atomic mass is 10.1. The largest absolute Gasteiger partial charge is 0.396 e. The number of aryl methyl sites for hydroxylation is 1. The second-order valence-corrected chi connectivity index (χ2v) is 5.34. The van der Waals surface area contributed by atoms with Crippen molar-refractivity contribution in [3.8, 4) is 0 Å². The maximum Gasteiger partial charge on any atom is 0.0740 e. The van der Waals surface area contributed by atoms with Gasteiger partial charge in [0.1, 0.15) is 0 Å². The monoisotopic (exact) mass is 292 g/mol. The molecule has 3 nitrogen and oxygen atoms in total. The molecule has 2 aromatic rings. The van der Waals surface area contributed by atoms with E-state index in [1.165, 1.54) is 0 Å². The molecule has 0 saturated heterocycles. The molecule has 1 aromatic heterocycles. The molecule has 0 atom stereocenters. The summed E-state index contributed by atoms with van der Waals surface area (Å²) in [6.07, 6.45) is 0.776. The Bertz CT molecular complexity index is 586. The van der Waals surface area contributed by atoms with Crippen molar-refractivity contribution in [2.75, 3.05) is 19.7 Å². The van der Waals surface area contributed by atoms with Crippen molar-refractivity contribution >= 4 is 22.5 Å². The number of benzene rings is 1. The Hall–Kier alpha value is -1.16. The molecule has 0 bridgehead atoms. The minimum Gasteiger partial charge on any atom is -0.396 e. The van der Waals surface area contributed by atoms with Gasteiger partial charge in [-0.1, -0.05) is 36.7 Å². The summed E-state index contributed by atoms with van der Waals surface area (Å²) in [6.45, 7) is 6.87. The highest BCUT2D eigenvalue weighted by Gasteiger charge is 2.12. The van der Waals surface area contributed by atoms with Crippen LogP contribution in [0.4, 0.5) is 0 Å². The Morgan fingerprint density at radius 3 is 2.75 bits per heavy atom. The van der Waals surface area contributed by atoms with Crippen LogP contribution in [0.2, 0.25) is 5.02 Å². The number of hydrogen-bond donors (Lipinski definition) is 1. The van der Waals surface area contributed by atoms with Crippen LogP contribution >= 0.6 is 11.6 Å². The molecule has 0 aliphatic heterocycles. The van der Waals surface area contributed by atoms with E-state index in [1.807, 2.05) is 25.1 Å². The second-order valence-electron chi connectivity index (χ2n) is 4.96. The van der Waals surface area contributed by atoms with E-state index in [0.29, 0.717) is 0 Å². The number of pyridine rings is 1. The van der Waals surface area contributed by atoms with Crippen molar-refractivity contribution in [2.24, 2.45) is 0 Å². The SMILES string of the molecule is CCN(CCCO)Cc1nc2ccccc2c(C)c1Cl. The third-order valence-corrected chi connectivity index (χ3v) is 4.10. The normalized spacial score (nSPS) is 11.4. The first-order valence-corrected chi connectivity index (χ1v) is 7.42. The van der Waals surface area contributed by atoms with Crippen LogP contribution in [0.1, 0.15) is 24.6 Å². The molecule has 1 N–H and O–H groups in total. The van der Waals surface area contributed by atoms with Gasteiger partial charge in [-0.15, -0.1) is 0 Å². The number of aromatic nitrogens is 1. The van der Waals surface area contributed by atoms with E-state index in [2.05, 4.69) is 17.9 Å². The van der Waals surface area contributed by atoms with Crippen molar-refractivity contribution in [3.05, 3.63) is 40.5 Å². The number of aliphatic hydroxyl groups excluding tert-OH is 1. The van der Waals surface area contributed by atoms with Crippen LogP contribution in [0.3, 0.4) is 0 Å². The molecular weight excluding hydrogens is 272 g/mol. The average Bonchev–Trinajstić information content (AvgIpc) is 2.48. The standard InChI is InChI=1S/C16H21ClN2O/c1-3-19(9-6-10-20)11-15-16(17)12(2)13-7-4-5-8-14(13)18-15/h4-5,7-8,20H,3,6,9-11H2,1-2H3. The van der Waals surface area contributed by atoms with E-state index < -0.39 is 0 Å². The first kappa shape index (κ1) is 15.2. The molecule has 0 aliphatic carbocycles. The highest BCUT2D eigenvalue weighted by molar-refractivity contribution is 6.32. The zero-order valence-electron chi connectivity index (χ0n) is 12.1. The van der Waals surface area contributed by atoms with Crippen LogP contribution in [0, 0.1) is 6.92 Å². The van der Waals surface area contributed by atoms with Gasteiger partial charge in [0.15, 0.2) is 0 Å². The van der Waals surface area contributed by atoms with E-state index in [9.17, 15) is 0 Å². The topological polar surface area (TPSA) is 36.4 Å². The maximum atomic E-state index is 8.95. The Kier molecular flexibility index (Phi) is 5.35. The molecular formula is C16H21ClN2O. The Labute approximate surface area is 125 Å². The Balaban J connectivity index is 2.31. The molecule has 2 rings (SSSR count). The molecule has 108 valence electrons. The van der Waals surface area contributed by atoms with Gasteiger partial charge in [0.25, 0.3) is 0 Å². The fourth-order valence-electron chi connectivity index (χ4n) is 2.38. The quantitative estimate of drug-likeness (QED) is 0.886. The second kappa shape index (κ2) is 7.02. The molecule has 0 amide bonds. The van der Waals surface area contributed by atoms with Gasteiger partial charge < -0.3 is 5.11 Å². The first-order valence-electron chi connectivity index (χ1n) is 7.04. The molecule has 0 spiro atoms. The van der Waals surface area contributed by atoms with Crippen molar-refractivity contribution in [1.82, 2.24) is 9.88 Å². The Morgan fingerprint density at radius 2 is 2.05 bits per heavy atom. The molecule has 0 saturated carbocycles. The maximum absolute atomic E-state index is 8.95. The summed E-state index contributed by atoms with van der Waals surface area (Å²) in [5, 5.41) is 10.8. The van der Waals surface area contributed by atoms with Crippen LogP contribution in [-0.4, -0.2) is 34.7 Å². The number of fused-ring (bicyclic) bond motifs is 1. The third-order valence-electron chi connectivity index (χ3n) is 3.60. The number of halogens is 1. The molecule has 0 radical (unpaired) electrons. The van der Waals surface area contributed by atoms with E-state index in [-0.39, 0.29) is 6.61 Å². The molecule has 1 heterocycles. The summed E-state index contributed by atoms with van der Waals surface area (Å²) in [5.41, 5.74) is 3.00. The molecule has 0 fully saturated rings. The molecule has 4 heteroatoms. The number of rotatable bonds is 6. The van der Waals surface area contributed by atoms with E-state index in [4.69, 9.17) is 21.7 Å². The van der Waals surface area contributed by atoms with Crippen molar-refractivity contribution in [3.63, 3.8) is 0 Å². The lowest BCUT2D eigenvalue weighted by Gasteiger charge is -2.21. The van der Waals surface area contributed by atoms with E-state index in [1.54, 1.807) is 0 Å². The Morgan fingerprint density at radius 1 is 1.30 bits per heavy atom. The summed E-state index contributed by atoms with van der Waals surface area (Å²) in [6, 6.07) is 8.07. The van der Waals surface area contributed by atoms with Crippen LogP contribution < -0.4 is 0 Å². The number of hydrogen-bond acceptors (Lipinski definition) is 3. The summed E-state index contributed by atoms with van der Waals surface area (Å²) in [4.78, 5) is 6.94. The van der Waals surface area contributed by atoms with Crippen molar-refractivity contribution in [2.45, 2.75) is 26.8 Å². The molecule has 1 aromatic carbocycles. The summed E-state index contributed by atoms with van der Waals surface area (Å²) < 4.78 is 0. The van der Waals surface area contributed by atoms with Gasteiger partial charge >= 0.3 is 0 Å². The van der Waals surface area contributed by atoms with E-state index in [0.717, 1.165) is 53.2 Å². The van der Waals surface area contributed by atoms with Crippen LogP contribution in [0.5, 0.6) is 0 Å². The van der Waals surface area contributed by atoms with Gasteiger partial charge in [-0.25, -0.2) is 4.98 Å². The van der Waals surface area contributed by atoms with Gasteiger partial charge in [0.2, 0.25) is 0 Å². The first-order chi connectivity index (χ1) is 9.67. The van der Waals surface area contributed by atoms with Crippen LogP contribution in [-0.2, 0) is 6.54 Å². The lowest BCUT2D eigenvalue weighted by Crippen LogP contribution is -2.25. The predicted octanol–water partition coefficient (Wildman–Crippen LogP) is 3.40. The van der Waals surface area contributed by atoms with E-state index >= 15 is 0 Å². The van der Waals surface area contributed by atoms with Gasteiger partial charge in [-0.3, -0.25) is 4.90 Å². The van der Waals surface area contributed by atoms with Crippen molar-refractivity contribution in [1.29, 1.82) is 0 Å². The van der Waals surface area contributed by atoms with Gasteiger partial charge in [0, 0.05) is 25.1 Å². The van der Waals surface area contributed by atoms with Crippen LogP contribution in [0.15, 0.2) is 24.3 Å². The summed E-state index contributed by atoms with van der Waals surface area (Å²) in [5.74, 6) is 0. The molecule has 0 unspecified atom stereocenters. The van der Waals surface area contributed by atoms with Gasteiger partial charge in [-0.2, -0.15) is 0 Å². The molecule has 20 heavy (non-hydrogen) atoms.